The fourth-order valence-corrected chi connectivity index (χ4v) is 2.44. The van der Waals surface area contributed by atoms with Crippen molar-refractivity contribution in [2.24, 2.45) is 0 Å². The van der Waals surface area contributed by atoms with Crippen LogP contribution in [0.2, 0.25) is 0 Å². The van der Waals surface area contributed by atoms with Crippen LogP contribution in [-0.2, 0) is 6.54 Å². The van der Waals surface area contributed by atoms with E-state index < -0.39 is 0 Å². The Labute approximate surface area is 128 Å². The maximum atomic E-state index is 12.1. The summed E-state index contributed by atoms with van der Waals surface area (Å²) >= 11 is 0. The van der Waals surface area contributed by atoms with Crippen LogP contribution in [0.15, 0.2) is 43.2 Å². The first-order valence-corrected chi connectivity index (χ1v) is 7.36. The lowest BCUT2D eigenvalue weighted by Gasteiger charge is -2.18. The standard InChI is InChI=1S/C15H19N5O2/c21-15(18-7-10-19-9-6-17-12-19)20-8-3-14(11-20)22-13-1-4-16-5-2-13/h1-2,4-6,9,12,14H,3,7-8,10-11H2,(H,18,21)/t14-/m1/s1. The third-order valence-corrected chi connectivity index (χ3v) is 3.59. The Bertz CT molecular complexity index is 587. The molecule has 0 unspecified atom stereocenters. The molecule has 7 nitrogen and oxygen atoms in total. The Hall–Kier alpha value is -2.57. The fourth-order valence-electron chi connectivity index (χ4n) is 2.44. The molecular formula is C15H19N5O2. The zero-order valence-electron chi connectivity index (χ0n) is 12.3. The van der Waals surface area contributed by atoms with E-state index in [1.807, 2.05) is 22.9 Å². The highest BCUT2D eigenvalue weighted by Crippen LogP contribution is 2.17. The van der Waals surface area contributed by atoms with Gasteiger partial charge in [0.1, 0.15) is 11.9 Å². The molecule has 1 N–H and O–H groups in total. The number of hydrogen-bond acceptors (Lipinski definition) is 4. The van der Waals surface area contributed by atoms with Crippen molar-refractivity contribution in [3.8, 4) is 5.75 Å². The lowest BCUT2D eigenvalue weighted by atomic mass is 10.3. The number of carbonyl (C=O) groups excluding carboxylic acids is 1. The number of amides is 2. The average Bonchev–Trinajstić information content (AvgIpc) is 3.20. The Morgan fingerprint density at radius 1 is 1.32 bits per heavy atom. The van der Waals surface area contributed by atoms with Crippen LogP contribution in [-0.4, -0.2) is 51.2 Å². The number of ether oxygens (including phenoxy) is 1. The summed E-state index contributed by atoms with van der Waals surface area (Å²) in [4.78, 5) is 21.8. The minimum Gasteiger partial charge on any atom is -0.488 e. The molecule has 0 saturated carbocycles. The molecule has 22 heavy (non-hydrogen) atoms. The zero-order chi connectivity index (χ0) is 15.2. The van der Waals surface area contributed by atoms with Gasteiger partial charge in [-0.3, -0.25) is 4.98 Å². The second-order valence-electron chi connectivity index (χ2n) is 5.19. The lowest BCUT2D eigenvalue weighted by Crippen LogP contribution is -2.40. The van der Waals surface area contributed by atoms with E-state index in [1.165, 1.54) is 0 Å². The number of carbonyl (C=O) groups is 1. The highest BCUT2D eigenvalue weighted by Gasteiger charge is 2.27. The zero-order valence-corrected chi connectivity index (χ0v) is 12.3. The quantitative estimate of drug-likeness (QED) is 0.899. The molecular weight excluding hydrogens is 282 g/mol. The number of urea groups is 1. The first-order chi connectivity index (χ1) is 10.8. The van der Waals surface area contributed by atoms with Crippen molar-refractivity contribution in [1.82, 2.24) is 24.8 Å². The molecule has 1 fully saturated rings. The normalized spacial score (nSPS) is 17.5. The van der Waals surface area contributed by atoms with E-state index in [1.54, 1.807) is 29.8 Å². The monoisotopic (exact) mass is 301 g/mol. The van der Waals surface area contributed by atoms with Gasteiger partial charge >= 0.3 is 6.03 Å². The summed E-state index contributed by atoms with van der Waals surface area (Å²) in [6.07, 6.45) is 9.62. The average molecular weight is 301 g/mol. The SMILES string of the molecule is O=C(NCCn1ccnc1)N1CC[C@@H](Oc2ccncc2)C1. The molecule has 1 aliphatic heterocycles. The van der Waals surface area contributed by atoms with Gasteiger partial charge in [0.15, 0.2) is 0 Å². The van der Waals surface area contributed by atoms with E-state index in [9.17, 15) is 4.79 Å². The smallest absolute Gasteiger partial charge is 0.317 e. The molecule has 0 aromatic carbocycles. The van der Waals surface area contributed by atoms with Gasteiger partial charge in [-0.25, -0.2) is 9.78 Å². The van der Waals surface area contributed by atoms with Gasteiger partial charge in [0.2, 0.25) is 0 Å². The van der Waals surface area contributed by atoms with Gasteiger partial charge in [-0.05, 0) is 12.1 Å². The van der Waals surface area contributed by atoms with Crippen molar-refractivity contribution >= 4 is 6.03 Å². The van der Waals surface area contributed by atoms with E-state index in [0.29, 0.717) is 19.6 Å². The van der Waals surface area contributed by atoms with Crippen LogP contribution in [0.4, 0.5) is 4.79 Å². The number of nitrogens with one attached hydrogen (secondary N) is 1. The van der Waals surface area contributed by atoms with Crippen LogP contribution >= 0.6 is 0 Å². The second kappa shape index (κ2) is 6.93. The minimum atomic E-state index is -0.0408. The number of imidazole rings is 1. The summed E-state index contributed by atoms with van der Waals surface area (Å²) in [5, 5.41) is 2.92. The Balaban J connectivity index is 1.41. The maximum absolute atomic E-state index is 12.1. The number of rotatable bonds is 5. The van der Waals surface area contributed by atoms with Gasteiger partial charge in [-0.2, -0.15) is 0 Å². The van der Waals surface area contributed by atoms with Gasteiger partial charge in [0.25, 0.3) is 0 Å². The molecule has 116 valence electrons. The highest BCUT2D eigenvalue weighted by molar-refractivity contribution is 5.74. The van der Waals surface area contributed by atoms with Crippen LogP contribution in [0.1, 0.15) is 6.42 Å². The number of hydrogen-bond donors (Lipinski definition) is 1. The first kappa shape index (κ1) is 14.4. The molecule has 0 radical (unpaired) electrons. The molecule has 2 aromatic rings. The molecule has 0 bridgehead atoms. The highest BCUT2D eigenvalue weighted by atomic mass is 16.5. The van der Waals surface area contributed by atoms with Crippen molar-refractivity contribution in [2.45, 2.75) is 19.1 Å². The van der Waals surface area contributed by atoms with E-state index in [2.05, 4.69) is 15.3 Å². The summed E-state index contributed by atoms with van der Waals surface area (Å²) in [5.41, 5.74) is 0. The maximum Gasteiger partial charge on any atom is 0.317 e. The Morgan fingerprint density at radius 2 is 2.18 bits per heavy atom. The molecule has 3 heterocycles. The van der Waals surface area contributed by atoms with Gasteiger partial charge in [-0.1, -0.05) is 0 Å². The van der Waals surface area contributed by atoms with Crippen molar-refractivity contribution in [3.63, 3.8) is 0 Å². The van der Waals surface area contributed by atoms with Gasteiger partial charge in [0, 0.05) is 50.8 Å². The van der Waals surface area contributed by atoms with Crippen molar-refractivity contribution in [1.29, 1.82) is 0 Å². The van der Waals surface area contributed by atoms with Crippen LogP contribution in [0, 0.1) is 0 Å². The third kappa shape index (κ3) is 3.75. The Morgan fingerprint density at radius 3 is 2.95 bits per heavy atom. The van der Waals surface area contributed by atoms with E-state index in [4.69, 9.17) is 4.74 Å². The van der Waals surface area contributed by atoms with E-state index >= 15 is 0 Å². The van der Waals surface area contributed by atoms with Crippen LogP contribution in [0.5, 0.6) is 5.75 Å². The van der Waals surface area contributed by atoms with E-state index in [0.717, 1.165) is 18.7 Å². The first-order valence-electron chi connectivity index (χ1n) is 7.36. The van der Waals surface area contributed by atoms with Gasteiger partial charge in [0.05, 0.1) is 12.9 Å². The lowest BCUT2D eigenvalue weighted by molar-refractivity contribution is 0.186. The summed E-state index contributed by atoms with van der Waals surface area (Å²) in [7, 11) is 0. The van der Waals surface area contributed by atoms with Crippen LogP contribution < -0.4 is 10.1 Å². The molecule has 0 aliphatic carbocycles. The summed E-state index contributed by atoms with van der Waals surface area (Å²) in [6, 6.07) is 3.61. The molecule has 2 amide bonds. The number of aromatic nitrogens is 3. The van der Waals surface area contributed by atoms with E-state index in [-0.39, 0.29) is 12.1 Å². The molecule has 7 heteroatoms. The molecule has 2 aromatic heterocycles. The van der Waals surface area contributed by atoms with Crippen molar-refractivity contribution < 1.29 is 9.53 Å². The minimum absolute atomic E-state index is 0.0408. The van der Waals surface area contributed by atoms with Gasteiger partial charge in [-0.15, -0.1) is 0 Å². The molecule has 1 saturated heterocycles. The largest absolute Gasteiger partial charge is 0.488 e. The van der Waals surface area contributed by atoms with Crippen molar-refractivity contribution in [3.05, 3.63) is 43.2 Å². The molecule has 0 spiro atoms. The predicted octanol–water partition coefficient (Wildman–Crippen LogP) is 1.14. The number of nitrogens with zero attached hydrogens (tertiary/aromatic N) is 4. The second-order valence-corrected chi connectivity index (χ2v) is 5.19. The topological polar surface area (TPSA) is 72.3 Å². The molecule has 1 aliphatic rings. The number of likely N-dealkylation sites (tertiary alicyclic amines) is 1. The Kier molecular flexibility index (Phi) is 4.53. The predicted molar refractivity (Wildman–Crippen MR) is 80.5 cm³/mol. The molecule has 3 rings (SSSR count). The van der Waals surface area contributed by atoms with Crippen LogP contribution in [0.25, 0.3) is 0 Å². The number of pyridine rings is 1. The van der Waals surface area contributed by atoms with Crippen LogP contribution in [0.3, 0.4) is 0 Å². The third-order valence-electron chi connectivity index (χ3n) is 3.59. The van der Waals surface area contributed by atoms with Gasteiger partial charge < -0.3 is 19.5 Å². The molecule has 1 atom stereocenters. The summed E-state index contributed by atoms with van der Waals surface area (Å²) in [6.45, 7) is 2.63. The summed E-state index contributed by atoms with van der Waals surface area (Å²) < 4.78 is 7.78. The van der Waals surface area contributed by atoms with Crippen molar-refractivity contribution in [2.75, 3.05) is 19.6 Å². The summed E-state index contributed by atoms with van der Waals surface area (Å²) in [5.74, 6) is 0.794. The fraction of sp³-hybridized carbons (Fsp3) is 0.400.